The predicted octanol–water partition coefficient (Wildman–Crippen LogP) is 1.34. The van der Waals surface area contributed by atoms with Gasteiger partial charge in [-0.3, -0.25) is 9.48 Å². The molecule has 1 unspecified atom stereocenters. The second-order valence-electron chi connectivity index (χ2n) is 4.46. The van der Waals surface area contributed by atoms with Gasteiger partial charge in [-0.2, -0.15) is 5.10 Å². The summed E-state index contributed by atoms with van der Waals surface area (Å²) in [5, 5.41) is 16.2. The Morgan fingerprint density at radius 1 is 1.59 bits per heavy atom. The minimum Gasteiger partial charge on any atom is -0.481 e. The standard InChI is InChI=1S/C12H21N3O2/c1-9(8-12(16)17)13-5-4-6-15-11(3)7-10(2)14-15/h7,9,13H,4-6,8H2,1-3H3,(H,16,17). The highest BCUT2D eigenvalue weighted by Crippen LogP contribution is 2.02. The summed E-state index contributed by atoms with van der Waals surface area (Å²) < 4.78 is 1.98. The Balaban J connectivity index is 2.20. The molecule has 0 radical (unpaired) electrons. The maximum atomic E-state index is 10.5. The second-order valence-corrected chi connectivity index (χ2v) is 4.46. The molecule has 1 heterocycles. The van der Waals surface area contributed by atoms with Gasteiger partial charge in [0.05, 0.1) is 12.1 Å². The number of carboxylic acid groups (broad SMARTS) is 1. The number of aryl methyl sites for hydroxylation is 3. The highest BCUT2D eigenvalue weighted by Gasteiger charge is 2.06. The summed E-state index contributed by atoms with van der Waals surface area (Å²) in [6, 6.07) is 2.08. The van der Waals surface area contributed by atoms with Crippen molar-refractivity contribution >= 4 is 5.97 Å². The zero-order chi connectivity index (χ0) is 12.8. The highest BCUT2D eigenvalue weighted by atomic mass is 16.4. The van der Waals surface area contributed by atoms with Crippen molar-refractivity contribution in [1.82, 2.24) is 15.1 Å². The van der Waals surface area contributed by atoms with Crippen molar-refractivity contribution in [2.24, 2.45) is 0 Å². The van der Waals surface area contributed by atoms with Crippen LogP contribution in [0.4, 0.5) is 0 Å². The van der Waals surface area contributed by atoms with E-state index >= 15 is 0 Å². The minimum atomic E-state index is -0.761. The van der Waals surface area contributed by atoms with Gasteiger partial charge >= 0.3 is 5.97 Å². The predicted molar refractivity (Wildman–Crippen MR) is 66.0 cm³/mol. The van der Waals surface area contributed by atoms with Gasteiger partial charge in [0, 0.05) is 18.3 Å². The van der Waals surface area contributed by atoms with Crippen LogP contribution in [0.1, 0.15) is 31.2 Å². The molecule has 0 saturated heterocycles. The Hall–Kier alpha value is -1.36. The fourth-order valence-electron chi connectivity index (χ4n) is 1.81. The molecule has 17 heavy (non-hydrogen) atoms. The number of hydrogen-bond acceptors (Lipinski definition) is 3. The molecule has 0 aliphatic carbocycles. The van der Waals surface area contributed by atoms with Crippen molar-refractivity contribution in [3.05, 3.63) is 17.5 Å². The zero-order valence-electron chi connectivity index (χ0n) is 10.7. The molecule has 0 saturated carbocycles. The van der Waals surface area contributed by atoms with E-state index in [4.69, 9.17) is 5.11 Å². The van der Waals surface area contributed by atoms with Crippen LogP contribution in [-0.2, 0) is 11.3 Å². The van der Waals surface area contributed by atoms with Crippen molar-refractivity contribution in [3.8, 4) is 0 Å². The Kier molecular flexibility index (Phi) is 5.15. The third kappa shape index (κ3) is 4.99. The lowest BCUT2D eigenvalue weighted by molar-refractivity contribution is -0.137. The lowest BCUT2D eigenvalue weighted by atomic mass is 10.2. The van der Waals surface area contributed by atoms with Gasteiger partial charge in [0.2, 0.25) is 0 Å². The van der Waals surface area contributed by atoms with Crippen LogP contribution < -0.4 is 5.32 Å². The fourth-order valence-corrected chi connectivity index (χ4v) is 1.81. The van der Waals surface area contributed by atoms with Gasteiger partial charge in [-0.1, -0.05) is 0 Å². The second kappa shape index (κ2) is 6.39. The Morgan fingerprint density at radius 2 is 2.29 bits per heavy atom. The van der Waals surface area contributed by atoms with Gasteiger partial charge in [-0.25, -0.2) is 0 Å². The van der Waals surface area contributed by atoms with Crippen LogP contribution in [0.15, 0.2) is 6.07 Å². The third-order valence-electron chi connectivity index (χ3n) is 2.62. The van der Waals surface area contributed by atoms with Crippen LogP contribution in [0.5, 0.6) is 0 Å². The highest BCUT2D eigenvalue weighted by molar-refractivity contribution is 5.67. The summed E-state index contributed by atoms with van der Waals surface area (Å²) in [6.07, 6.45) is 1.12. The van der Waals surface area contributed by atoms with E-state index in [0.717, 1.165) is 25.2 Å². The van der Waals surface area contributed by atoms with Gasteiger partial charge in [-0.15, -0.1) is 0 Å². The smallest absolute Gasteiger partial charge is 0.304 e. The van der Waals surface area contributed by atoms with Crippen molar-refractivity contribution in [2.45, 2.75) is 46.2 Å². The Morgan fingerprint density at radius 3 is 2.82 bits per heavy atom. The number of nitrogens with one attached hydrogen (secondary N) is 1. The number of aromatic nitrogens is 2. The first-order valence-electron chi connectivity index (χ1n) is 5.95. The maximum absolute atomic E-state index is 10.5. The normalized spacial score (nSPS) is 12.6. The molecule has 0 aliphatic heterocycles. The van der Waals surface area contributed by atoms with Crippen LogP contribution in [0.3, 0.4) is 0 Å². The molecule has 5 nitrogen and oxygen atoms in total. The van der Waals surface area contributed by atoms with E-state index in [2.05, 4.69) is 16.5 Å². The van der Waals surface area contributed by atoms with Crippen molar-refractivity contribution in [1.29, 1.82) is 0 Å². The number of nitrogens with zero attached hydrogens (tertiary/aromatic N) is 2. The number of hydrogen-bond donors (Lipinski definition) is 2. The number of rotatable bonds is 7. The van der Waals surface area contributed by atoms with Crippen molar-refractivity contribution < 1.29 is 9.90 Å². The molecule has 96 valence electrons. The number of carboxylic acids is 1. The maximum Gasteiger partial charge on any atom is 0.304 e. The summed E-state index contributed by atoms with van der Waals surface area (Å²) >= 11 is 0. The van der Waals surface area contributed by atoms with Crippen LogP contribution in [0, 0.1) is 13.8 Å². The summed E-state index contributed by atoms with van der Waals surface area (Å²) in [5.41, 5.74) is 2.20. The van der Waals surface area contributed by atoms with E-state index in [-0.39, 0.29) is 12.5 Å². The zero-order valence-corrected chi connectivity index (χ0v) is 10.7. The molecule has 5 heteroatoms. The summed E-state index contributed by atoms with van der Waals surface area (Å²) in [7, 11) is 0. The monoisotopic (exact) mass is 239 g/mol. The van der Waals surface area contributed by atoms with Crippen LogP contribution in [0.2, 0.25) is 0 Å². The quantitative estimate of drug-likeness (QED) is 0.705. The molecule has 0 spiro atoms. The lowest BCUT2D eigenvalue weighted by Gasteiger charge is -2.11. The van der Waals surface area contributed by atoms with E-state index in [1.807, 2.05) is 25.5 Å². The van der Waals surface area contributed by atoms with E-state index in [1.54, 1.807) is 0 Å². The molecule has 1 aromatic rings. The number of aliphatic carboxylic acids is 1. The molecule has 1 atom stereocenters. The van der Waals surface area contributed by atoms with Gasteiger partial charge < -0.3 is 10.4 Å². The molecule has 0 aliphatic rings. The summed E-state index contributed by atoms with van der Waals surface area (Å²) in [5.74, 6) is -0.761. The Labute approximate surface area is 102 Å². The van der Waals surface area contributed by atoms with Gasteiger partial charge in [0.15, 0.2) is 0 Å². The number of carbonyl (C=O) groups is 1. The average molecular weight is 239 g/mol. The molecule has 1 aromatic heterocycles. The third-order valence-corrected chi connectivity index (χ3v) is 2.62. The van der Waals surface area contributed by atoms with Gasteiger partial charge in [-0.05, 0) is 39.8 Å². The summed E-state index contributed by atoms with van der Waals surface area (Å²) in [4.78, 5) is 10.5. The van der Waals surface area contributed by atoms with Crippen molar-refractivity contribution in [3.63, 3.8) is 0 Å². The van der Waals surface area contributed by atoms with Gasteiger partial charge in [0.25, 0.3) is 0 Å². The fraction of sp³-hybridized carbons (Fsp3) is 0.667. The SMILES string of the molecule is Cc1cc(C)n(CCCNC(C)CC(=O)O)n1. The van der Waals surface area contributed by atoms with E-state index in [0.29, 0.717) is 0 Å². The molecular weight excluding hydrogens is 218 g/mol. The van der Waals surface area contributed by atoms with Crippen molar-refractivity contribution in [2.75, 3.05) is 6.54 Å². The summed E-state index contributed by atoms with van der Waals surface area (Å²) in [6.45, 7) is 7.59. The first-order valence-corrected chi connectivity index (χ1v) is 5.95. The average Bonchev–Trinajstić information content (AvgIpc) is 2.51. The molecule has 1 rings (SSSR count). The topological polar surface area (TPSA) is 67.2 Å². The van der Waals surface area contributed by atoms with Crippen LogP contribution in [0.25, 0.3) is 0 Å². The molecule has 2 N–H and O–H groups in total. The minimum absolute atomic E-state index is 0.0213. The largest absolute Gasteiger partial charge is 0.481 e. The lowest BCUT2D eigenvalue weighted by Crippen LogP contribution is -2.29. The molecule has 0 bridgehead atoms. The first kappa shape index (κ1) is 13.7. The molecule has 0 aromatic carbocycles. The van der Waals surface area contributed by atoms with Crippen LogP contribution in [-0.4, -0.2) is 33.4 Å². The first-order chi connectivity index (χ1) is 7.99. The van der Waals surface area contributed by atoms with E-state index < -0.39 is 5.97 Å². The van der Waals surface area contributed by atoms with Crippen LogP contribution >= 0.6 is 0 Å². The van der Waals surface area contributed by atoms with E-state index in [1.165, 1.54) is 5.69 Å². The Bertz CT molecular complexity index is 374. The van der Waals surface area contributed by atoms with Gasteiger partial charge in [0.1, 0.15) is 0 Å². The van der Waals surface area contributed by atoms with E-state index in [9.17, 15) is 4.79 Å². The molecule has 0 fully saturated rings. The molecular formula is C12H21N3O2. The molecule has 0 amide bonds.